The van der Waals surface area contributed by atoms with Gasteiger partial charge in [-0.15, -0.1) is 0 Å². The third kappa shape index (κ3) is 2.59. The third-order valence-electron chi connectivity index (χ3n) is 3.68. The van der Waals surface area contributed by atoms with Gasteiger partial charge in [-0.2, -0.15) is 0 Å². The fourth-order valence-electron chi connectivity index (χ4n) is 2.57. The average Bonchev–Trinajstić information content (AvgIpc) is 2.48. The lowest BCUT2D eigenvalue weighted by molar-refractivity contribution is -0.118. The molecular weight excluding hydrogens is 291 g/mol. The predicted octanol–water partition coefficient (Wildman–Crippen LogP) is 4.00. The summed E-state index contributed by atoms with van der Waals surface area (Å²) in [4.78, 5) is 13.7. The van der Waals surface area contributed by atoms with Crippen molar-refractivity contribution >= 4 is 28.9 Å². The van der Waals surface area contributed by atoms with Crippen LogP contribution in [-0.2, 0) is 4.79 Å². The molecule has 2 aromatic carbocycles. The maximum atomic E-state index is 13.4. The van der Waals surface area contributed by atoms with E-state index >= 15 is 0 Å². The van der Waals surface area contributed by atoms with Gasteiger partial charge in [0.05, 0.1) is 23.2 Å². The second kappa shape index (κ2) is 5.37. The van der Waals surface area contributed by atoms with Gasteiger partial charge >= 0.3 is 0 Å². The van der Waals surface area contributed by atoms with Crippen molar-refractivity contribution in [3.63, 3.8) is 0 Å². The summed E-state index contributed by atoms with van der Waals surface area (Å²) < 4.78 is 13.4. The van der Waals surface area contributed by atoms with Gasteiger partial charge in [0.15, 0.2) is 0 Å². The van der Waals surface area contributed by atoms with Crippen LogP contribution in [-0.4, -0.2) is 13.0 Å². The summed E-state index contributed by atoms with van der Waals surface area (Å²) in [5, 5.41) is 3.61. The maximum Gasteiger partial charge on any atom is 0.229 e. The molecule has 1 atom stereocenters. The molecule has 21 heavy (non-hydrogen) atoms. The Morgan fingerprint density at radius 2 is 2.05 bits per heavy atom. The molecule has 2 aromatic rings. The summed E-state index contributed by atoms with van der Waals surface area (Å²) in [6.07, 6.45) is 0.306. The number of nitrogens with zero attached hydrogens (tertiary/aromatic N) is 1. The molecule has 108 valence electrons. The minimum Gasteiger partial charge on any atom is -0.376 e. The Labute approximate surface area is 127 Å². The Balaban J connectivity index is 1.98. The Hall–Kier alpha value is -2.07. The summed E-state index contributed by atoms with van der Waals surface area (Å²) in [7, 11) is 1.76. The number of hydrogen-bond acceptors (Lipinski definition) is 2. The van der Waals surface area contributed by atoms with E-state index < -0.39 is 0 Å². The number of benzene rings is 2. The van der Waals surface area contributed by atoms with Gasteiger partial charge in [0.2, 0.25) is 5.91 Å². The van der Waals surface area contributed by atoms with Crippen LogP contribution < -0.4 is 10.2 Å². The smallest absolute Gasteiger partial charge is 0.229 e. The zero-order valence-corrected chi connectivity index (χ0v) is 12.2. The number of halogens is 2. The molecule has 5 heteroatoms. The highest BCUT2D eigenvalue weighted by molar-refractivity contribution is 6.33. The van der Waals surface area contributed by atoms with Crippen LogP contribution in [0.25, 0.3) is 0 Å². The van der Waals surface area contributed by atoms with Gasteiger partial charge in [0.25, 0.3) is 0 Å². The summed E-state index contributed by atoms with van der Waals surface area (Å²) in [6, 6.07) is 11.6. The van der Waals surface area contributed by atoms with E-state index in [0.717, 1.165) is 11.3 Å². The Bertz CT molecular complexity index is 704. The lowest BCUT2D eigenvalue weighted by Gasteiger charge is -2.32. The number of anilines is 2. The lowest BCUT2D eigenvalue weighted by Crippen LogP contribution is -2.35. The number of rotatable bonds is 2. The molecule has 0 radical (unpaired) electrons. The normalized spacial score (nSPS) is 17.6. The molecule has 1 unspecified atom stereocenters. The summed E-state index contributed by atoms with van der Waals surface area (Å²) >= 11 is 6.08. The molecule has 0 aliphatic carbocycles. The minimum absolute atomic E-state index is 0.0127. The first-order chi connectivity index (χ1) is 10.1. The molecule has 1 heterocycles. The first-order valence-electron chi connectivity index (χ1n) is 6.63. The van der Waals surface area contributed by atoms with Crippen molar-refractivity contribution in [2.75, 3.05) is 17.3 Å². The second-order valence-corrected chi connectivity index (χ2v) is 5.44. The highest BCUT2D eigenvalue weighted by atomic mass is 35.5. The SMILES string of the molecule is CN1C(=O)CC(Nc2cc(F)ccc2Cl)c2ccccc21. The molecule has 0 spiro atoms. The van der Waals surface area contributed by atoms with Crippen molar-refractivity contribution in [2.24, 2.45) is 0 Å². The molecule has 0 aromatic heterocycles. The van der Waals surface area contributed by atoms with Crippen LogP contribution in [0.4, 0.5) is 15.8 Å². The molecule has 0 saturated carbocycles. The van der Waals surface area contributed by atoms with Crippen molar-refractivity contribution in [3.05, 3.63) is 58.9 Å². The van der Waals surface area contributed by atoms with Crippen LogP contribution in [0.1, 0.15) is 18.0 Å². The van der Waals surface area contributed by atoms with Gasteiger partial charge in [-0.05, 0) is 29.8 Å². The van der Waals surface area contributed by atoms with Crippen molar-refractivity contribution in [2.45, 2.75) is 12.5 Å². The van der Waals surface area contributed by atoms with E-state index in [1.54, 1.807) is 11.9 Å². The maximum absolute atomic E-state index is 13.4. The topological polar surface area (TPSA) is 32.3 Å². The van der Waals surface area contributed by atoms with E-state index in [0.29, 0.717) is 17.1 Å². The van der Waals surface area contributed by atoms with Gasteiger partial charge in [0.1, 0.15) is 5.82 Å². The minimum atomic E-state index is -0.366. The quantitative estimate of drug-likeness (QED) is 0.909. The monoisotopic (exact) mass is 304 g/mol. The van der Waals surface area contributed by atoms with Gasteiger partial charge in [-0.3, -0.25) is 4.79 Å². The van der Waals surface area contributed by atoms with Crippen LogP contribution in [0.5, 0.6) is 0 Å². The first-order valence-corrected chi connectivity index (χ1v) is 7.01. The molecule has 1 N–H and O–H groups in total. The van der Waals surface area contributed by atoms with Gasteiger partial charge in [0, 0.05) is 12.7 Å². The van der Waals surface area contributed by atoms with Crippen LogP contribution in [0.3, 0.4) is 0 Å². The largest absolute Gasteiger partial charge is 0.376 e. The molecule has 0 saturated heterocycles. The van der Waals surface area contributed by atoms with E-state index in [1.807, 2.05) is 24.3 Å². The summed E-state index contributed by atoms with van der Waals surface area (Å²) in [5.74, 6) is -0.354. The molecule has 1 aliphatic heterocycles. The fourth-order valence-corrected chi connectivity index (χ4v) is 2.74. The molecule has 0 fully saturated rings. The van der Waals surface area contributed by atoms with Gasteiger partial charge in [-0.25, -0.2) is 4.39 Å². The lowest BCUT2D eigenvalue weighted by atomic mass is 9.96. The number of fused-ring (bicyclic) bond motifs is 1. The number of nitrogens with one attached hydrogen (secondary N) is 1. The first kappa shape index (κ1) is 13.9. The number of carbonyl (C=O) groups is 1. The molecule has 1 amide bonds. The predicted molar refractivity (Wildman–Crippen MR) is 82.2 cm³/mol. The van der Waals surface area contributed by atoms with Crippen molar-refractivity contribution in [1.29, 1.82) is 0 Å². The Morgan fingerprint density at radius 3 is 2.86 bits per heavy atom. The van der Waals surface area contributed by atoms with E-state index in [9.17, 15) is 9.18 Å². The molecule has 3 rings (SSSR count). The molecular formula is C16H14ClFN2O. The number of hydrogen-bond donors (Lipinski definition) is 1. The van der Waals surface area contributed by atoms with Crippen molar-refractivity contribution in [3.8, 4) is 0 Å². The second-order valence-electron chi connectivity index (χ2n) is 5.04. The standard InChI is InChI=1S/C16H14ClFN2O/c1-20-15-5-3-2-4-11(15)13(9-16(20)21)19-14-8-10(18)6-7-12(14)17/h2-8,13,19H,9H2,1H3. The zero-order valence-electron chi connectivity index (χ0n) is 11.4. The van der Waals surface area contributed by atoms with Crippen molar-refractivity contribution in [1.82, 2.24) is 0 Å². The Morgan fingerprint density at radius 1 is 1.29 bits per heavy atom. The molecule has 1 aliphatic rings. The highest BCUT2D eigenvalue weighted by Gasteiger charge is 2.29. The highest BCUT2D eigenvalue weighted by Crippen LogP contribution is 2.37. The van der Waals surface area contributed by atoms with Crippen molar-refractivity contribution < 1.29 is 9.18 Å². The van der Waals surface area contributed by atoms with Crippen LogP contribution >= 0.6 is 11.6 Å². The van der Waals surface area contributed by atoms with Gasteiger partial charge < -0.3 is 10.2 Å². The molecule has 3 nitrogen and oxygen atoms in total. The summed E-state index contributed by atoms with van der Waals surface area (Å²) in [6.45, 7) is 0. The summed E-state index contributed by atoms with van der Waals surface area (Å²) in [5.41, 5.74) is 2.35. The Kier molecular flexibility index (Phi) is 3.55. The number of carbonyl (C=O) groups excluding carboxylic acids is 1. The number of amides is 1. The van der Waals surface area contributed by atoms with E-state index in [4.69, 9.17) is 11.6 Å². The number of para-hydroxylation sites is 1. The zero-order chi connectivity index (χ0) is 15.0. The average molecular weight is 305 g/mol. The van der Waals surface area contributed by atoms with Gasteiger partial charge in [-0.1, -0.05) is 29.8 Å². The third-order valence-corrected chi connectivity index (χ3v) is 4.01. The van der Waals surface area contributed by atoms with Crippen LogP contribution in [0.15, 0.2) is 42.5 Å². The van der Waals surface area contributed by atoms with Crippen LogP contribution in [0, 0.1) is 5.82 Å². The van der Waals surface area contributed by atoms with Crippen LogP contribution in [0.2, 0.25) is 5.02 Å². The van der Waals surface area contributed by atoms with E-state index in [-0.39, 0.29) is 17.8 Å². The fraction of sp³-hybridized carbons (Fsp3) is 0.188. The van der Waals surface area contributed by atoms with E-state index in [2.05, 4.69) is 5.32 Å². The molecule has 0 bridgehead atoms. The van der Waals surface area contributed by atoms with E-state index in [1.165, 1.54) is 18.2 Å².